The smallest absolute Gasteiger partial charge is 0.0546 e. The number of aliphatic hydroxyl groups excluding tert-OH is 1. The van der Waals surface area contributed by atoms with Crippen molar-refractivity contribution in [3.05, 3.63) is 0 Å². The van der Waals surface area contributed by atoms with Gasteiger partial charge >= 0.3 is 0 Å². The molecule has 1 rings (SSSR count). The number of hydrogen-bond acceptors (Lipinski definition) is 3. The van der Waals surface area contributed by atoms with Gasteiger partial charge in [-0.3, -0.25) is 0 Å². The molecule has 3 nitrogen and oxygen atoms in total. The molecule has 3 heteroatoms. The molecule has 0 aromatic rings. The van der Waals surface area contributed by atoms with Crippen LogP contribution in [0.2, 0.25) is 0 Å². The first-order valence-electron chi connectivity index (χ1n) is 4.92. The Morgan fingerprint density at radius 3 is 2.50 bits per heavy atom. The summed E-state index contributed by atoms with van der Waals surface area (Å²) in [7, 11) is 0. The van der Waals surface area contributed by atoms with Crippen LogP contribution in [0.5, 0.6) is 0 Å². The van der Waals surface area contributed by atoms with Gasteiger partial charge < -0.3 is 15.7 Å². The van der Waals surface area contributed by atoms with Crippen molar-refractivity contribution >= 4 is 0 Å². The quantitative estimate of drug-likeness (QED) is 0.492. The summed E-state index contributed by atoms with van der Waals surface area (Å²) in [5.74, 6) is 0.724. The molecule has 0 amide bonds. The largest absolute Gasteiger partial charge is 0.393 e. The predicted octanol–water partition coefficient (Wildman–Crippen LogP) is -0.0436. The van der Waals surface area contributed by atoms with Crippen molar-refractivity contribution in [3.8, 4) is 0 Å². The molecule has 0 saturated heterocycles. The van der Waals surface area contributed by atoms with E-state index in [1.54, 1.807) is 0 Å². The zero-order valence-electron chi connectivity index (χ0n) is 7.84. The van der Waals surface area contributed by atoms with Crippen LogP contribution in [0.15, 0.2) is 0 Å². The summed E-state index contributed by atoms with van der Waals surface area (Å²) in [4.78, 5) is 0. The third-order valence-corrected chi connectivity index (χ3v) is 2.37. The van der Waals surface area contributed by atoms with Crippen LogP contribution in [-0.2, 0) is 0 Å². The molecule has 0 aromatic heterocycles. The van der Waals surface area contributed by atoms with E-state index >= 15 is 0 Å². The van der Waals surface area contributed by atoms with Gasteiger partial charge in [0.15, 0.2) is 0 Å². The predicted molar refractivity (Wildman–Crippen MR) is 50.1 cm³/mol. The minimum absolute atomic E-state index is 0.00873. The molecule has 1 aliphatic rings. The Kier molecular flexibility index (Phi) is 4.58. The molecule has 3 N–H and O–H groups in total. The number of aliphatic hydroxyl groups is 1. The van der Waals surface area contributed by atoms with Gasteiger partial charge in [-0.2, -0.15) is 0 Å². The molecule has 0 atom stereocenters. The molecule has 0 bridgehead atoms. The summed E-state index contributed by atoms with van der Waals surface area (Å²) in [5.41, 5.74) is 0. The summed E-state index contributed by atoms with van der Waals surface area (Å²) in [5, 5.41) is 15.6. The highest BCUT2D eigenvalue weighted by Gasteiger charge is 2.26. The molecule has 72 valence electrons. The van der Waals surface area contributed by atoms with E-state index in [4.69, 9.17) is 5.11 Å². The van der Waals surface area contributed by atoms with Crippen molar-refractivity contribution in [2.75, 3.05) is 26.2 Å². The molecule has 12 heavy (non-hydrogen) atoms. The first-order valence-corrected chi connectivity index (χ1v) is 4.92. The molecule has 0 unspecified atom stereocenters. The molecule has 0 aromatic carbocycles. The molecule has 1 fully saturated rings. The Balaban J connectivity index is 1.77. The minimum Gasteiger partial charge on any atom is -0.393 e. The van der Waals surface area contributed by atoms with Crippen LogP contribution < -0.4 is 10.6 Å². The molecule has 0 radical (unpaired) electrons. The zero-order valence-corrected chi connectivity index (χ0v) is 7.84. The average Bonchev–Trinajstić information content (AvgIpc) is 2.00. The fourth-order valence-electron chi connectivity index (χ4n) is 1.53. The monoisotopic (exact) mass is 172 g/mol. The van der Waals surface area contributed by atoms with Gasteiger partial charge in [0.2, 0.25) is 0 Å². The second-order valence-corrected chi connectivity index (χ2v) is 3.55. The minimum atomic E-state index is -0.00873. The van der Waals surface area contributed by atoms with Crippen LogP contribution in [0.1, 0.15) is 19.8 Å². The van der Waals surface area contributed by atoms with Gasteiger partial charge in [-0.1, -0.05) is 6.92 Å². The van der Waals surface area contributed by atoms with Crippen molar-refractivity contribution in [1.29, 1.82) is 0 Å². The van der Waals surface area contributed by atoms with Crippen molar-refractivity contribution in [1.82, 2.24) is 10.6 Å². The maximum absolute atomic E-state index is 9.02. The Hall–Kier alpha value is -0.120. The second kappa shape index (κ2) is 5.51. The maximum Gasteiger partial charge on any atom is 0.0546 e. The van der Waals surface area contributed by atoms with E-state index in [1.807, 2.05) is 0 Å². The molecule has 1 saturated carbocycles. The highest BCUT2D eigenvalue weighted by molar-refractivity contribution is 4.79. The Morgan fingerprint density at radius 1 is 1.25 bits per heavy atom. The SMILES string of the molecule is CCNCCNCC1CC(O)C1. The fraction of sp³-hybridized carbons (Fsp3) is 1.00. The van der Waals surface area contributed by atoms with Crippen LogP contribution in [0.25, 0.3) is 0 Å². The maximum atomic E-state index is 9.02. The number of rotatable bonds is 6. The van der Waals surface area contributed by atoms with Crippen LogP contribution in [0.3, 0.4) is 0 Å². The summed E-state index contributed by atoms with van der Waals surface area (Å²) in [6.07, 6.45) is 1.98. The Morgan fingerprint density at radius 2 is 1.92 bits per heavy atom. The summed E-state index contributed by atoms with van der Waals surface area (Å²) in [6.45, 7) is 6.32. The standard InChI is InChI=1S/C9H20N2O/c1-2-10-3-4-11-7-8-5-9(12)6-8/h8-12H,2-7H2,1H3. The first-order chi connectivity index (χ1) is 5.83. The van der Waals surface area contributed by atoms with E-state index in [0.29, 0.717) is 0 Å². The van der Waals surface area contributed by atoms with Crippen LogP contribution >= 0.6 is 0 Å². The Bertz CT molecular complexity index is 113. The van der Waals surface area contributed by atoms with Gasteiger partial charge in [0.25, 0.3) is 0 Å². The van der Waals surface area contributed by atoms with Gasteiger partial charge in [-0.15, -0.1) is 0 Å². The number of hydrogen-bond donors (Lipinski definition) is 3. The number of nitrogens with one attached hydrogen (secondary N) is 2. The summed E-state index contributed by atoms with van der Waals surface area (Å²) < 4.78 is 0. The lowest BCUT2D eigenvalue weighted by Gasteiger charge is -2.31. The van der Waals surface area contributed by atoms with E-state index in [1.165, 1.54) is 0 Å². The third kappa shape index (κ3) is 3.52. The summed E-state index contributed by atoms with van der Waals surface area (Å²) >= 11 is 0. The van der Waals surface area contributed by atoms with E-state index < -0.39 is 0 Å². The average molecular weight is 172 g/mol. The molecular formula is C9H20N2O. The second-order valence-electron chi connectivity index (χ2n) is 3.55. The van der Waals surface area contributed by atoms with E-state index in [2.05, 4.69) is 17.6 Å². The van der Waals surface area contributed by atoms with Crippen LogP contribution in [0.4, 0.5) is 0 Å². The molecular weight excluding hydrogens is 152 g/mol. The van der Waals surface area contributed by atoms with Crippen molar-refractivity contribution in [3.63, 3.8) is 0 Å². The lowest BCUT2D eigenvalue weighted by atomic mass is 9.82. The lowest BCUT2D eigenvalue weighted by molar-refractivity contribution is 0.0432. The van der Waals surface area contributed by atoms with Gasteiger partial charge in [-0.05, 0) is 31.8 Å². The third-order valence-electron chi connectivity index (χ3n) is 2.37. The fourth-order valence-corrected chi connectivity index (χ4v) is 1.53. The lowest BCUT2D eigenvalue weighted by Crippen LogP contribution is -2.38. The normalized spacial score (nSPS) is 28.5. The number of likely N-dealkylation sites (N-methyl/N-ethyl adjacent to an activating group) is 1. The Labute approximate surface area is 74.5 Å². The first kappa shape index (κ1) is 9.96. The van der Waals surface area contributed by atoms with E-state index in [9.17, 15) is 0 Å². The van der Waals surface area contributed by atoms with Gasteiger partial charge in [-0.25, -0.2) is 0 Å². The van der Waals surface area contributed by atoms with Gasteiger partial charge in [0.05, 0.1) is 6.10 Å². The topological polar surface area (TPSA) is 44.3 Å². The zero-order chi connectivity index (χ0) is 8.81. The highest BCUT2D eigenvalue weighted by atomic mass is 16.3. The van der Waals surface area contributed by atoms with E-state index in [0.717, 1.165) is 44.9 Å². The van der Waals surface area contributed by atoms with Crippen LogP contribution in [-0.4, -0.2) is 37.4 Å². The van der Waals surface area contributed by atoms with Crippen molar-refractivity contribution < 1.29 is 5.11 Å². The van der Waals surface area contributed by atoms with Crippen molar-refractivity contribution in [2.45, 2.75) is 25.9 Å². The molecule has 0 aliphatic heterocycles. The molecule has 0 heterocycles. The molecule has 0 spiro atoms. The highest BCUT2D eigenvalue weighted by Crippen LogP contribution is 2.25. The van der Waals surface area contributed by atoms with Crippen LogP contribution in [0, 0.1) is 5.92 Å². The molecule has 1 aliphatic carbocycles. The van der Waals surface area contributed by atoms with Gasteiger partial charge in [0, 0.05) is 13.1 Å². The van der Waals surface area contributed by atoms with Crippen molar-refractivity contribution in [2.24, 2.45) is 5.92 Å². The van der Waals surface area contributed by atoms with Gasteiger partial charge in [0.1, 0.15) is 0 Å². The summed E-state index contributed by atoms with van der Waals surface area (Å²) in [6, 6.07) is 0. The van der Waals surface area contributed by atoms with E-state index in [-0.39, 0.29) is 6.10 Å².